The fourth-order valence-corrected chi connectivity index (χ4v) is 8.96. The number of H-pyrrole nitrogens is 2. The number of halogens is 3. The van der Waals surface area contributed by atoms with E-state index in [1.165, 1.54) is 40.4 Å². The largest absolute Gasteiger partial charge is 1.00 e. The van der Waals surface area contributed by atoms with E-state index in [0.29, 0.717) is 22.1 Å². The van der Waals surface area contributed by atoms with Gasteiger partial charge in [0, 0.05) is 85.7 Å². The molecule has 15 nitrogen and oxygen atoms in total. The molecule has 422 valence electrons. The Morgan fingerprint density at radius 1 is 0.797 bits per heavy atom. The molecule has 4 aromatic carbocycles. The predicted molar refractivity (Wildman–Crippen MR) is 294 cm³/mol. The second-order valence-corrected chi connectivity index (χ2v) is 18.8. The molecule has 0 aliphatic heterocycles. The number of hydrogen-bond acceptors (Lipinski definition) is 13. The standard InChI is InChI=1S/C29H38FN3O3.C26H34FN3O.C3H5ClO2.CH2O3.2K.H/c1-20(2)28-23-12-11-22(30)18-21(23)13-14-29(28,36-27(34)19-35-4)15-17-33(3)16-7-10-26-31-24-8-5-6-9-25(24)32-26;1-18(2)25-21-11-10-20(27)17-19(21)12-13-26(25,31)14-16-30(3)15-6-9-24-28-22-7-4-5-8-23(22)29-24;1-6-2-3(4)5;2-1-4-3;;;/h5-6,8-9,11-12,18,20,28H,7,10,13-17,19H2,1-4H3,(H,31,32);4-5,7-8,10-11,17-18,25,31H,6,9,12-16H2,1-3H3,(H,28,29);2H2,1H3;1,3H;;;/q;;;;2*+1;-1/p-1/t28-,29-;25-,26-;;;;;/m00...../s1/i7D2,10D2,13D2,14D2,16D2;6D2,9D2,12D2,13D2,15D2;;;;;. The number of fused-ring (bicyclic) bond motifs is 4. The first-order valence-corrected chi connectivity index (χ1v) is 24.6. The first kappa shape index (κ1) is 45.0. The van der Waals surface area contributed by atoms with Gasteiger partial charge in [-0.1, -0.05) is 64.1 Å². The van der Waals surface area contributed by atoms with Gasteiger partial charge >= 0.3 is 109 Å². The zero-order chi connectivity index (χ0) is 74.1. The number of ether oxygens (including phenoxy) is 3. The summed E-state index contributed by atoms with van der Waals surface area (Å²) in [6, 6.07) is 19.9. The van der Waals surface area contributed by atoms with Crippen molar-refractivity contribution in [2.45, 2.75) is 115 Å². The van der Waals surface area contributed by atoms with E-state index in [1.807, 2.05) is 0 Å². The molecule has 0 fully saturated rings. The van der Waals surface area contributed by atoms with Crippen molar-refractivity contribution in [3.05, 3.63) is 130 Å². The van der Waals surface area contributed by atoms with E-state index in [2.05, 4.69) is 29.6 Å². The molecule has 2 aliphatic rings. The van der Waals surface area contributed by atoms with Crippen molar-refractivity contribution >= 4 is 51.4 Å². The molecule has 0 spiro atoms. The zero-order valence-electron chi connectivity index (χ0n) is 66.8. The third kappa shape index (κ3) is 21.6. The normalized spacial score (nSPS) is 25.6. The number of nitrogens with one attached hydrogen (secondary N) is 2. The van der Waals surface area contributed by atoms with Gasteiger partial charge in [-0.25, -0.2) is 23.5 Å². The summed E-state index contributed by atoms with van der Waals surface area (Å²) in [4.78, 5) is 49.4. The maximum Gasteiger partial charge on any atom is 1.00 e. The molecule has 79 heavy (non-hydrogen) atoms. The SMILES string of the molecule is COCC(=O)Cl.O=CO[O-].[2H]C([2H])(c1nc2ccccc2[nH]1)C([2H])([2H])C([2H])([2H])N(C)CC[C@]1(O)[C@@H](C(C)C)c2ccc(F)cc2C([2H])([2H])C1([2H])[2H].[2H]C([2H])(c1nc2ccccc2[nH]1)C([2H])([2H])C([2H])([2H])N(C)CC[C@]1(OC(=O)COC)[C@@H](C(C)C)c2ccc(F)cc2C([2H])([2H])C1([2H])[2H].[H-].[K+].[K+]. The van der Waals surface area contributed by atoms with Crippen molar-refractivity contribution < 1.29 is 184 Å². The molecule has 2 heterocycles. The number of esters is 1. The molecule has 2 aliphatic carbocycles. The van der Waals surface area contributed by atoms with Gasteiger partial charge in [-0.15, -0.1) is 0 Å². The Kier molecular flexibility index (Phi) is 20.3. The Bertz CT molecular complexity index is 3690. The summed E-state index contributed by atoms with van der Waals surface area (Å²) in [5, 5.41) is 19.9. The number of methoxy groups -OCH3 is 2. The van der Waals surface area contributed by atoms with Crippen LogP contribution in [-0.2, 0) is 59.0 Å². The number of rotatable bonds is 22. The van der Waals surface area contributed by atoms with Crippen LogP contribution in [0, 0.1) is 23.5 Å². The van der Waals surface area contributed by atoms with E-state index in [4.69, 9.17) is 58.5 Å². The molecule has 4 atom stereocenters. The quantitative estimate of drug-likeness (QED) is 0.0224. The molecule has 0 amide bonds. The summed E-state index contributed by atoms with van der Waals surface area (Å²) >= 11 is 4.81. The number of carbonyl (C=O) groups excluding carboxylic acids is 3. The number of imidazole rings is 2. The summed E-state index contributed by atoms with van der Waals surface area (Å²) in [6.45, 7) is -0.989. The van der Waals surface area contributed by atoms with Crippen molar-refractivity contribution in [3.8, 4) is 0 Å². The first-order chi connectivity index (χ1) is 44.4. The first-order valence-electron chi connectivity index (χ1n) is 34.2. The van der Waals surface area contributed by atoms with E-state index in [9.17, 15) is 23.5 Å². The summed E-state index contributed by atoms with van der Waals surface area (Å²) in [7, 11) is 5.01. The smallest absolute Gasteiger partial charge is 1.00 e. The number of benzene rings is 4. The maximum absolute atomic E-state index is 14.4. The Morgan fingerprint density at radius 3 is 1.68 bits per heavy atom. The molecule has 0 bridgehead atoms. The molecule has 0 saturated carbocycles. The topological polar surface area (TPSA) is 195 Å². The van der Waals surface area contributed by atoms with Crippen LogP contribution in [0.4, 0.5) is 8.78 Å². The van der Waals surface area contributed by atoms with Crippen molar-refractivity contribution in [2.75, 3.05) is 67.6 Å². The number of aryl methyl sites for hydroxylation is 4. The molecular formula is C59H79ClF2K2N6O9. The molecule has 2 aromatic heterocycles. The minimum absolute atomic E-state index is 0. The number of carbonyl (C=O) groups is 3. The van der Waals surface area contributed by atoms with E-state index in [-0.39, 0.29) is 140 Å². The van der Waals surface area contributed by atoms with E-state index >= 15 is 0 Å². The maximum atomic E-state index is 14.4. The van der Waals surface area contributed by atoms with Gasteiger partial charge in [0.15, 0.2) is 0 Å². The van der Waals surface area contributed by atoms with Crippen LogP contribution in [0.2, 0.25) is 0 Å². The van der Waals surface area contributed by atoms with Crippen LogP contribution in [0.3, 0.4) is 0 Å². The van der Waals surface area contributed by atoms with Gasteiger partial charge in [0.2, 0.25) is 5.24 Å². The number of hydrogen-bond donors (Lipinski definition) is 3. The third-order valence-electron chi connectivity index (χ3n) is 12.0. The Morgan fingerprint density at radius 2 is 1.25 bits per heavy atom. The van der Waals surface area contributed by atoms with Gasteiger partial charge in [0.1, 0.15) is 42.1 Å². The molecule has 8 rings (SSSR count). The molecule has 0 unspecified atom stereocenters. The monoisotopic (exact) mass is 1190 g/mol. The van der Waals surface area contributed by atoms with Crippen molar-refractivity contribution in [1.29, 1.82) is 0 Å². The number of aliphatic hydroxyl groups is 1. The second-order valence-electron chi connectivity index (χ2n) is 18.4. The van der Waals surface area contributed by atoms with Crippen LogP contribution in [0.15, 0.2) is 84.9 Å². The average Bonchev–Trinajstić information content (AvgIpc) is 0.874. The van der Waals surface area contributed by atoms with Gasteiger partial charge in [0.05, 0.1) is 27.7 Å². The predicted octanol–water partition coefficient (Wildman–Crippen LogP) is 3.30. The Labute approximate surface area is 584 Å². The van der Waals surface area contributed by atoms with Crippen molar-refractivity contribution in [1.82, 2.24) is 29.7 Å². The number of aromatic nitrogens is 4. The summed E-state index contributed by atoms with van der Waals surface area (Å²) in [6.07, 6.45) is -25.2. The van der Waals surface area contributed by atoms with Crippen LogP contribution in [0.1, 0.15) is 141 Å². The van der Waals surface area contributed by atoms with Gasteiger partial charge < -0.3 is 50.7 Å². The molecule has 20 heteroatoms. The second kappa shape index (κ2) is 35.7. The van der Waals surface area contributed by atoms with Crippen LogP contribution in [0.25, 0.3) is 22.1 Å². The fraction of sp³-hybridized carbons (Fsp3) is 0.508. The number of aromatic amines is 2. The van der Waals surface area contributed by atoms with Crippen LogP contribution >= 0.6 is 11.6 Å². The fourth-order valence-electron chi connectivity index (χ4n) is 8.85. The summed E-state index contributed by atoms with van der Waals surface area (Å²) < 4.78 is 218. The van der Waals surface area contributed by atoms with Gasteiger partial charge in [-0.05, 0) is 166 Å². The summed E-state index contributed by atoms with van der Waals surface area (Å²) in [5.41, 5.74) is -3.10. The van der Waals surface area contributed by atoms with E-state index < -0.39 is 166 Å². The Hall–Kier alpha value is -2.39. The zero-order valence-corrected chi connectivity index (χ0v) is 52.9. The Balaban J connectivity index is 0.000000585. The number of para-hydroxylation sites is 4. The minimum Gasteiger partial charge on any atom is -1.00 e. The van der Waals surface area contributed by atoms with Gasteiger partial charge in [-0.3, -0.25) is 9.59 Å². The van der Waals surface area contributed by atoms with Crippen LogP contribution in [-0.4, -0.2) is 131 Å². The average molecular weight is 1190 g/mol. The van der Waals surface area contributed by atoms with Crippen LogP contribution < -0.4 is 108 Å². The van der Waals surface area contributed by atoms with Gasteiger partial charge in [0.25, 0.3) is 6.47 Å². The molecule has 0 radical (unpaired) electrons. The third-order valence-corrected chi connectivity index (χ3v) is 12.1. The summed E-state index contributed by atoms with van der Waals surface area (Å²) in [5.74, 6) is -6.38. The molecule has 3 N–H and O–H groups in total. The minimum atomic E-state index is -3.26. The van der Waals surface area contributed by atoms with Crippen LogP contribution in [0.5, 0.6) is 0 Å². The molecule has 0 saturated heterocycles. The number of nitrogens with zero attached hydrogens (tertiary/aromatic N) is 4. The molecular weight excluding hydrogens is 1090 g/mol. The van der Waals surface area contributed by atoms with Gasteiger partial charge in [-0.2, -0.15) is 0 Å². The van der Waals surface area contributed by atoms with E-state index in [1.54, 1.807) is 76.2 Å². The molecule has 6 aromatic rings. The van der Waals surface area contributed by atoms with Crippen molar-refractivity contribution in [3.63, 3.8) is 0 Å². The van der Waals surface area contributed by atoms with Crippen molar-refractivity contribution in [2.24, 2.45) is 11.8 Å². The van der Waals surface area contributed by atoms with E-state index in [0.717, 1.165) is 34.1 Å².